The molecule has 2 N–H and O–H groups in total. The van der Waals surface area contributed by atoms with Crippen LogP contribution in [-0.2, 0) is 11.8 Å². The minimum atomic E-state index is -0.445. The molecule has 94 valence electrons. The molecule has 0 bridgehead atoms. The third-order valence-corrected chi connectivity index (χ3v) is 4.04. The molecule has 1 aromatic rings. The zero-order valence-corrected chi connectivity index (χ0v) is 10.2. The van der Waals surface area contributed by atoms with E-state index in [2.05, 4.69) is 0 Å². The molecule has 17 heavy (non-hydrogen) atoms. The summed E-state index contributed by atoms with van der Waals surface area (Å²) in [5.74, 6) is -0.883. The molecule has 0 aromatic heterocycles. The molecule has 1 fully saturated rings. The summed E-state index contributed by atoms with van der Waals surface area (Å²) in [6.45, 7) is 2.32. The standard InChI is InChI=1S/C14H19F2N/c1-2-10-7-11(13(16)8-12(10)15)14(9-17)5-3-4-6-14/h7-8H,2-6,9,17H2,1H3. The van der Waals surface area contributed by atoms with Crippen LogP contribution in [0.2, 0.25) is 0 Å². The number of rotatable bonds is 3. The van der Waals surface area contributed by atoms with Gasteiger partial charge in [-0.25, -0.2) is 8.78 Å². The molecule has 0 heterocycles. The van der Waals surface area contributed by atoms with E-state index in [9.17, 15) is 8.78 Å². The first-order valence-corrected chi connectivity index (χ1v) is 6.31. The molecule has 0 saturated heterocycles. The van der Waals surface area contributed by atoms with Crippen molar-refractivity contribution in [3.8, 4) is 0 Å². The van der Waals surface area contributed by atoms with Gasteiger partial charge in [-0.1, -0.05) is 19.8 Å². The molecule has 3 heteroatoms. The number of nitrogens with two attached hydrogens (primary N) is 1. The van der Waals surface area contributed by atoms with Crippen molar-refractivity contribution in [2.75, 3.05) is 6.54 Å². The van der Waals surface area contributed by atoms with E-state index in [-0.39, 0.29) is 5.41 Å². The highest BCUT2D eigenvalue weighted by atomic mass is 19.1. The zero-order valence-electron chi connectivity index (χ0n) is 10.2. The summed E-state index contributed by atoms with van der Waals surface area (Å²) in [5.41, 5.74) is 6.78. The fourth-order valence-corrected chi connectivity index (χ4v) is 2.91. The molecule has 1 nitrogen and oxygen atoms in total. The Morgan fingerprint density at radius 1 is 1.18 bits per heavy atom. The predicted molar refractivity (Wildman–Crippen MR) is 64.9 cm³/mol. The van der Waals surface area contributed by atoms with Crippen molar-refractivity contribution in [2.45, 2.75) is 44.4 Å². The van der Waals surface area contributed by atoms with Gasteiger partial charge in [0.2, 0.25) is 0 Å². The molecular formula is C14H19F2N. The van der Waals surface area contributed by atoms with Crippen LogP contribution in [0.15, 0.2) is 12.1 Å². The van der Waals surface area contributed by atoms with Gasteiger partial charge in [0.05, 0.1) is 0 Å². The van der Waals surface area contributed by atoms with Gasteiger partial charge < -0.3 is 5.73 Å². The Balaban J connectivity index is 2.50. The van der Waals surface area contributed by atoms with Gasteiger partial charge in [-0.2, -0.15) is 0 Å². The van der Waals surface area contributed by atoms with Crippen LogP contribution < -0.4 is 5.73 Å². The van der Waals surface area contributed by atoms with E-state index in [0.717, 1.165) is 31.7 Å². The molecule has 0 atom stereocenters. The summed E-state index contributed by atoms with van der Waals surface area (Å²) in [6.07, 6.45) is 4.56. The van der Waals surface area contributed by atoms with Gasteiger partial charge in [-0.05, 0) is 36.5 Å². The molecule has 2 rings (SSSR count). The van der Waals surface area contributed by atoms with Crippen LogP contribution in [-0.4, -0.2) is 6.54 Å². The van der Waals surface area contributed by atoms with Crippen molar-refractivity contribution in [3.05, 3.63) is 34.9 Å². The average Bonchev–Trinajstić information content (AvgIpc) is 2.79. The number of hydrogen-bond acceptors (Lipinski definition) is 1. The number of benzene rings is 1. The lowest BCUT2D eigenvalue weighted by atomic mass is 9.78. The number of hydrogen-bond donors (Lipinski definition) is 1. The van der Waals surface area contributed by atoms with E-state index < -0.39 is 11.6 Å². The minimum Gasteiger partial charge on any atom is -0.330 e. The molecule has 1 aliphatic carbocycles. The van der Waals surface area contributed by atoms with Crippen molar-refractivity contribution in [3.63, 3.8) is 0 Å². The Labute approximate surface area is 101 Å². The highest BCUT2D eigenvalue weighted by Crippen LogP contribution is 2.41. The van der Waals surface area contributed by atoms with Crippen LogP contribution in [0.25, 0.3) is 0 Å². The maximum Gasteiger partial charge on any atom is 0.129 e. The van der Waals surface area contributed by atoms with E-state index in [0.29, 0.717) is 24.1 Å². The molecule has 0 aliphatic heterocycles. The zero-order chi connectivity index (χ0) is 12.5. The molecule has 0 amide bonds. The summed E-state index contributed by atoms with van der Waals surface area (Å²) in [4.78, 5) is 0. The van der Waals surface area contributed by atoms with Gasteiger partial charge >= 0.3 is 0 Å². The molecule has 1 saturated carbocycles. The Bertz CT molecular complexity index is 409. The quantitative estimate of drug-likeness (QED) is 0.860. The largest absolute Gasteiger partial charge is 0.330 e. The fourth-order valence-electron chi connectivity index (χ4n) is 2.91. The molecule has 0 radical (unpaired) electrons. The Kier molecular flexibility index (Phi) is 3.48. The lowest BCUT2D eigenvalue weighted by Gasteiger charge is -2.28. The lowest BCUT2D eigenvalue weighted by molar-refractivity contribution is 0.422. The summed E-state index contributed by atoms with van der Waals surface area (Å²) in [6, 6.07) is 2.70. The summed E-state index contributed by atoms with van der Waals surface area (Å²) in [5, 5.41) is 0. The Morgan fingerprint density at radius 3 is 2.35 bits per heavy atom. The maximum atomic E-state index is 14.0. The first-order valence-electron chi connectivity index (χ1n) is 6.31. The number of aryl methyl sites for hydroxylation is 1. The normalized spacial score (nSPS) is 18.6. The first-order chi connectivity index (χ1) is 8.13. The van der Waals surface area contributed by atoms with Crippen LogP contribution in [0.1, 0.15) is 43.7 Å². The van der Waals surface area contributed by atoms with Gasteiger partial charge in [-0.3, -0.25) is 0 Å². The van der Waals surface area contributed by atoms with Gasteiger partial charge in [0.25, 0.3) is 0 Å². The summed E-state index contributed by atoms with van der Waals surface area (Å²) in [7, 11) is 0. The summed E-state index contributed by atoms with van der Waals surface area (Å²) < 4.78 is 27.4. The second kappa shape index (κ2) is 4.73. The topological polar surface area (TPSA) is 26.0 Å². The Hall–Kier alpha value is -0.960. The van der Waals surface area contributed by atoms with Crippen molar-refractivity contribution >= 4 is 0 Å². The van der Waals surface area contributed by atoms with E-state index in [1.165, 1.54) is 0 Å². The smallest absolute Gasteiger partial charge is 0.129 e. The van der Waals surface area contributed by atoms with E-state index >= 15 is 0 Å². The summed E-state index contributed by atoms with van der Waals surface area (Å²) >= 11 is 0. The number of halogens is 2. The second-order valence-corrected chi connectivity index (χ2v) is 4.97. The van der Waals surface area contributed by atoms with Crippen molar-refractivity contribution in [1.29, 1.82) is 0 Å². The van der Waals surface area contributed by atoms with Crippen molar-refractivity contribution < 1.29 is 8.78 Å². The van der Waals surface area contributed by atoms with Crippen LogP contribution in [0.5, 0.6) is 0 Å². The van der Waals surface area contributed by atoms with Crippen LogP contribution in [0.4, 0.5) is 8.78 Å². The predicted octanol–water partition coefficient (Wildman–Crippen LogP) is 3.30. The van der Waals surface area contributed by atoms with E-state index in [4.69, 9.17) is 5.73 Å². The Morgan fingerprint density at radius 2 is 1.82 bits per heavy atom. The van der Waals surface area contributed by atoms with Crippen LogP contribution in [0.3, 0.4) is 0 Å². The third-order valence-electron chi connectivity index (χ3n) is 4.04. The van der Waals surface area contributed by atoms with E-state index in [1.807, 2.05) is 6.92 Å². The average molecular weight is 239 g/mol. The van der Waals surface area contributed by atoms with Gasteiger partial charge in [-0.15, -0.1) is 0 Å². The van der Waals surface area contributed by atoms with E-state index in [1.54, 1.807) is 6.07 Å². The first kappa shape index (κ1) is 12.5. The fraction of sp³-hybridized carbons (Fsp3) is 0.571. The van der Waals surface area contributed by atoms with Gasteiger partial charge in [0.1, 0.15) is 11.6 Å². The second-order valence-electron chi connectivity index (χ2n) is 4.97. The highest BCUT2D eigenvalue weighted by Gasteiger charge is 2.36. The monoisotopic (exact) mass is 239 g/mol. The maximum absolute atomic E-state index is 14.0. The molecule has 0 spiro atoms. The van der Waals surface area contributed by atoms with Crippen LogP contribution in [0, 0.1) is 11.6 Å². The lowest BCUT2D eigenvalue weighted by Crippen LogP contribution is -2.33. The van der Waals surface area contributed by atoms with Gasteiger partial charge in [0, 0.05) is 18.0 Å². The molecule has 1 aromatic carbocycles. The van der Waals surface area contributed by atoms with Crippen molar-refractivity contribution in [1.82, 2.24) is 0 Å². The SMILES string of the molecule is CCc1cc(C2(CN)CCCC2)c(F)cc1F. The van der Waals surface area contributed by atoms with Crippen molar-refractivity contribution in [2.24, 2.45) is 5.73 Å². The highest BCUT2D eigenvalue weighted by molar-refractivity contribution is 5.34. The third kappa shape index (κ3) is 2.08. The molecular weight excluding hydrogens is 220 g/mol. The van der Waals surface area contributed by atoms with Gasteiger partial charge in [0.15, 0.2) is 0 Å². The van der Waals surface area contributed by atoms with Crippen LogP contribution >= 0.6 is 0 Å². The molecule has 1 aliphatic rings. The minimum absolute atomic E-state index is 0.262. The molecule has 0 unspecified atom stereocenters.